The molecule has 0 aliphatic carbocycles. The average molecular weight is 296 g/mol. The summed E-state index contributed by atoms with van der Waals surface area (Å²) in [6.07, 6.45) is 5.25. The van der Waals surface area contributed by atoms with E-state index in [-0.39, 0.29) is 0 Å². The smallest absolute Gasteiger partial charge is 0.189 e. The van der Waals surface area contributed by atoms with Gasteiger partial charge in [0, 0.05) is 11.6 Å². The van der Waals surface area contributed by atoms with E-state index < -0.39 is 0 Å². The van der Waals surface area contributed by atoms with E-state index in [0.717, 1.165) is 26.3 Å². The number of hydrogen-bond acceptors (Lipinski definition) is 5. The molecule has 0 saturated heterocycles. The first-order chi connectivity index (χ1) is 7.79. The Morgan fingerprint density at radius 3 is 3.00 bits per heavy atom. The maximum atomic E-state index is 4.43. The molecule has 3 aromatic rings. The van der Waals surface area contributed by atoms with Crippen LogP contribution < -0.4 is 0 Å². The van der Waals surface area contributed by atoms with Crippen molar-refractivity contribution in [3.63, 3.8) is 0 Å². The lowest BCUT2D eigenvalue weighted by Gasteiger charge is -2.02. The minimum Gasteiger partial charge on any atom is -0.230 e. The van der Waals surface area contributed by atoms with Crippen LogP contribution in [0.5, 0.6) is 0 Å². The van der Waals surface area contributed by atoms with Gasteiger partial charge >= 0.3 is 0 Å². The van der Waals surface area contributed by atoms with Gasteiger partial charge in [-0.05, 0) is 28.3 Å². The molecule has 3 rings (SSSR count). The predicted octanol–water partition coefficient (Wildman–Crippen LogP) is 2.16. The Bertz CT molecular complexity index is 680. The zero-order valence-electron chi connectivity index (χ0n) is 8.25. The van der Waals surface area contributed by atoms with Crippen molar-refractivity contribution in [3.05, 3.63) is 23.1 Å². The fourth-order valence-corrected chi connectivity index (χ4v) is 2.35. The van der Waals surface area contributed by atoms with Crippen molar-refractivity contribution in [1.82, 2.24) is 24.6 Å². The van der Waals surface area contributed by atoms with Crippen LogP contribution in [0.15, 0.2) is 28.2 Å². The molecule has 0 aromatic carbocycles. The van der Waals surface area contributed by atoms with Crippen LogP contribution in [0.4, 0.5) is 0 Å². The van der Waals surface area contributed by atoms with Crippen LogP contribution in [0, 0.1) is 0 Å². The van der Waals surface area contributed by atoms with Gasteiger partial charge in [-0.2, -0.15) is 9.61 Å². The van der Waals surface area contributed by atoms with E-state index in [0.29, 0.717) is 0 Å². The Balaban J connectivity index is 2.50. The highest BCUT2D eigenvalue weighted by molar-refractivity contribution is 9.10. The summed E-state index contributed by atoms with van der Waals surface area (Å²) >= 11 is 4.95. The van der Waals surface area contributed by atoms with Crippen molar-refractivity contribution in [3.8, 4) is 0 Å². The molecule has 0 aliphatic rings. The number of pyridine rings is 1. The van der Waals surface area contributed by atoms with E-state index >= 15 is 0 Å². The molecule has 0 spiro atoms. The van der Waals surface area contributed by atoms with Crippen LogP contribution in [0.1, 0.15) is 0 Å². The molecule has 0 N–H and O–H groups in total. The fourth-order valence-electron chi connectivity index (χ4n) is 1.50. The molecule has 0 fully saturated rings. The molecule has 3 aromatic heterocycles. The topological polar surface area (TPSA) is 56.0 Å². The standard InChI is InChI=1S/C9H6BrN5S/c1-16-9-11-3-5-2-6(10)8-12-4-13-15(8)7(5)14-9/h2-4H,1H3. The maximum Gasteiger partial charge on any atom is 0.189 e. The number of fused-ring (bicyclic) bond motifs is 3. The van der Waals surface area contributed by atoms with Gasteiger partial charge in [-0.25, -0.2) is 15.0 Å². The molecule has 0 bridgehead atoms. The van der Waals surface area contributed by atoms with Crippen LogP contribution in [-0.4, -0.2) is 30.8 Å². The van der Waals surface area contributed by atoms with Gasteiger partial charge in [0.1, 0.15) is 6.33 Å². The average Bonchev–Trinajstić information content (AvgIpc) is 2.78. The van der Waals surface area contributed by atoms with Gasteiger partial charge in [-0.3, -0.25) is 0 Å². The van der Waals surface area contributed by atoms with E-state index in [4.69, 9.17) is 0 Å². The number of halogens is 1. The fraction of sp³-hybridized carbons (Fsp3) is 0.111. The van der Waals surface area contributed by atoms with Gasteiger partial charge in [0.2, 0.25) is 0 Å². The lowest BCUT2D eigenvalue weighted by atomic mass is 10.3. The Morgan fingerprint density at radius 1 is 1.31 bits per heavy atom. The normalized spacial score (nSPS) is 11.4. The molecular formula is C9H6BrN5S. The number of nitrogens with zero attached hydrogens (tertiary/aromatic N) is 5. The highest BCUT2D eigenvalue weighted by atomic mass is 79.9. The van der Waals surface area contributed by atoms with Crippen molar-refractivity contribution >= 4 is 44.4 Å². The van der Waals surface area contributed by atoms with Crippen LogP contribution >= 0.6 is 27.7 Å². The second-order valence-electron chi connectivity index (χ2n) is 3.12. The summed E-state index contributed by atoms with van der Waals surface area (Å²) in [6, 6.07) is 1.95. The lowest BCUT2D eigenvalue weighted by molar-refractivity contribution is 0.926. The summed E-state index contributed by atoms with van der Waals surface area (Å²) in [5.74, 6) is 0. The zero-order valence-corrected chi connectivity index (χ0v) is 10.7. The first-order valence-corrected chi connectivity index (χ1v) is 6.50. The highest BCUT2D eigenvalue weighted by Gasteiger charge is 2.08. The molecular weight excluding hydrogens is 290 g/mol. The van der Waals surface area contributed by atoms with Gasteiger partial charge in [0.15, 0.2) is 16.5 Å². The monoisotopic (exact) mass is 295 g/mol. The van der Waals surface area contributed by atoms with E-state index in [2.05, 4.69) is 36.0 Å². The molecule has 80 valence electrons. The minimum atomic E-state index is 0.728. The first-order valence-electron chi connectivity index (χ1n) is 4.48. The van der Waals surface area contributed by atoms with Crippen LogP contribution in [0.3, 0.4) is 0 Å². The van der Waals surface area contributed by atoms with Gasteiger partial charge in [-0.1, -0.05) is 11.8 Å². The zero-order chi connectivity index (χ0) is 11.1. The Hall–Kier alpha value is -1.21. The molecule has 0 saturated carbocycles. The molecule has 16 heavy (non-hydrogen) atoms. The number of thioether (sulfide) groups is 1. The number of rotatable bonds is 1. The van der Waals surface area contributed by atoms with Crippen molar-refractivity contribution in [2.75, 3.05) is 6.26 Å². The summed E-state index contributed by atoms with van der Waals surface area (Å²) in [7, 11) is 0. The summed E-state index contributed by atoms with van der Waals surface area (Å²) in [4.78, 5) is 12.8. The lowest BCUT2D eigenvalue weighted by Crippen LogP contribution is -1.97. The molecule has 7 heteroatoms. The minimum absolute atomic E-state index is 0.728. The van der Waals surface area contributed by atoms with E-state index in [1.54, 1.807) is 10.7 Å². The molecule has 0 radical (unpaired) electrons. The second-order valence-corrected chi connectivity index (χ2v) is 4.75. The molecule has 0 aliphatic heterocycles. The summed E-state index contributed by atoms with van der Waals surface area (Å²) in [5.41, 5.74) is 1.54. The Labute approximate surface area is 103 Å². The van der Waals surface area contributed by atoms with E-state index in [1.807, 2.05) is 12.3 Å². The highest BCUT2D eigenvalue weighted by Crippen LogP contribution is 2.23. The first kappa shape index (κ1) is 9.98. The van der Waals surface area contributed by atoms with Crippen LogP contribution in [-0.2, 0) is 0 Å². The molecule has 0 unspecified atom stereocenters. The van der Waals surface area contributed by atoms with Crippen molar-refractivity contribution in [1.29, 1.82) is 0 Å². The molecule has 0 atom stereocenters. The predicted molar refractivity (Wildman–Crippen MR) is 65.6 cm³/mol. The van der Waals surface area contributed by atoms with E-state index in [1.165, 1.54) is 18.1 Å². The van der Waals surface area contributed by atoms with Crippen molar-refractivity contribution < 1.29 is 0 Å². The van der Waals surface area contributed by atoms with Gasteiger partial charge in [-0.15, -0.1) is 0 Å². The molecule has 5 nitrogen and oxygen atoms in total. The Morgan fingerprint density at radius 2 is 2.19 bits per heavy atom. The third kappa shape index (κ3) is 1.39. The van der Waals surface area contributed by atoms with Gasteiger partial charge < -0.3 is 0 Å². The third-order valence-electron chi connectivity index (χ3n) is 2.20. The van der Waals surface area contributed by atoms with Crippen molar-refractivity contribution in [2.45, 2.75) is 5.16 Å². The largest absolute Gasteiger partial charge is 0.230 e. The quantitative estimate of drug-likeness (QED) is 0.509. The summed E-state index contributed by atoms with van der Waals surface area (Å²) < 4.78 is 2.60. The number of aromatic nitrogens is 5. The number of hydrogen-bond donors (Lipinski definition) is 0. The SMILES string of the molecule is CSc1ncc2cc(Br)c3ncnn3c2n1. The molecule has 0 amide bonds. The van der Waals surface area contributed by atoms with Crippen molar-refractivity contribution in [2.24, 2.45) is 0 Å². The van der Waals surface area contributed by atoms with E-state index in [9.17, 15) is 0 Å². The molecule has 3 heterocycles. The summed E-state index contributed by atoms with van der Waals surface area (Å²) in [6.45, 7) is 0. The Kier molecular flexibility index (Phi) is 2.29. The van der Waals surface area contributed by atoms with Crippen LogP contribution in [0.2, 0.25) is 0 Å². The van der Waals surface area contributed by atoms with Gasteiger partial charge in [0.25, 0.3) is 0 Å². The van der Waals surface area contributed by atoms with Gasteiger partial charge in [0.05, 0.1) is 4.47 Å². The summed E-state index contributed by atoms with van der Waals surface area (Å²) in [5, 5.41) is 5.82. The third-order valence-corrected chi connectivity index (χ3v) is 3.35. The maximum absolute atomic E-state index is 4.43. The second kappa shape index (κ2) is 3.67. The van der Waals surface area contributed by atoms with Crippen LogP contribution in [0.25, 0.3) is 16.7 Å².